The molecule has 0 N–H and O–H groups in total. The minimum absolute atomic E-state index is 0.200. The van der Waals surface area contributed by atoms with E-state index in [0.717, 1.165) is 13.1 Å². The van der Waals surface area contributed by atoms with Gasteiger partial charge in [0.1, 0.15) is 6.10 Å². The molecule has 0 rings (SSSR count). The van der Waals surface area contributed by atoms with Gasteiger partial charge in [0, 0.05) is 0 Å². The largest absolute Gasteiger partial charge is 0.458 e. The second-order valence-corrected chi connectivity index (χ2v) is 4.52. The minimum atomic E-state index is -0.548. The number of hydrogen-bond acceptors (Lipinski definition) is 6. The molecule has 0 aliphatic carbocycles. The van der Waals surface area contributed by atoms with Gasteiger partial charge in [-0.15, -0.1) is 0 Å². The van der Waals surface area contributed by atoms with Crippen LogP contribution < -0.4 is 0 Å². The quantitative estimate of drug-likeness (QED) is 0.571. The van der Waals surface area contributed by atoms with Gasteiger partial charge in [-0.2, -0.15) is 0 Å². The average molecular weight is 273 g/mol. The van der Waals surface area contributed by atoms with Crippen LogP contribution in [0.3, 0.4) is 0 Å². The van der Waals surface area contributed by atoms with Gasteiger partial charge >= 0.3 is 11.9 Å². The van der Waals surface area contributed by atoms with E-state index < -0.39 is 6.10 Å². The molecule has 0 saturated heterocycles. The lowest BCUT2D eigenvalue weighted by atomic mass is 10.4. The lowest BCUT2D eigenvalue weighted by Crippen LogP contribution is -2.31. The molecule has 111 valence electrons. The fourth-order valence-electron chi connectivity index (χ4n) is 1.37. The second kappa shape index (κ2) is 9.75. The van der Waals surface area contributed by atoms with Crippen LogP contribution in [0.15, 0.2) is 0 Å². The van der Waals surface area contributed by atoms with E-state index in [4.69, 9.17) is 9.47 Å². The second-order valence-electron chi connectivity index (χ2n) is 4.52. The fraction of sp³-hybridized carbons (Fsp3) is 0.769. The van der Waals surface area contributed by atoms with Gasteiger partial charge in [-0.25, -0.2) is 0 Å². The first-order valence-electron chi connectivity index (χ1n) is 6.48. The lowest BCUT2D eigenvalue weighted by molar-refractivity contribution is -0.154. The molecule has 0 fully saturated rings. The van der Waals surface area contributed by atoms with Gasteiger partial charge in [0.2, 0.25) is 0 Å². The molecule has 1 radical (unpaired) electrons. The summed E-state index contributed by atoms with van der Waals surface area (Å²) in [4.78, 5) is 26.5. The third-order valence-corrected chi connectivity index (χ3v) is 2.40. The van der Waals surface area contributed by atoms with E-state index in [1.165, 1.54) is 6.61 Å². The van der Waals surface area contributed by atoms with E-state index in [0.29, 0.717) is 0 Å². The van der Waals surface area contributed by atoms with Gasteiger partial charge in [-0.05, 0) is 34.1 Å². The van der Waals surface area contributed by atoms with Gasteiger partial charge < -0.3 is 9.47 Å². The van der Waals surface area contributed by atoms with Gasteiger partial charge in [0.25, 0.3) is 0 Å². The first-order chi connectivity index (χ1) is 8.88. The van der Waals surface area contributed by atoms with Crippen molar-refractivity contribution in [2.75, 3.05) is 40.3 Å². The Morgan fingerprint density at radius 3 is 2.16 bits per heavy atom. The molecule has 0 aliphatic heterocycles. The molecule has 0 amide bonds. The topological polar surface area (TPSA) is 59.1 Å². The standard InChI is InChI=1S/C13H25N2O4/c1-6-15(7-2)9-12(16)18-10-11(3)19-13(17)8-14(4)5/h10-11H,6-9H2,1-5H3. The van der Waals surface area contributed by atoms with Crippen LogP contribution in [0, 0.1) is 6.61 Å². The Balaban J connectivity index is 3.86. The lowest BCUT2D eigenvalue weighted by Gasteiger charge is -2.18. The summed E-state index contributed by atoms with van der Waals surface area (Å²) in [6, 6.07) is 0. The molecule has 1 unspecified atom stereocenters. The summed E-state index contributed by atoms with van der Waals surface area (Å²) in [5.41, 5.74) is 0. The first-order valence-corrected chi connectivity index (χ1v) is 6.48. The van der Waals surface area contributed by atoms with Crippen molar-refractivity contribution in [1.29, 1.82) is 0 Å². The van der Waals surface area contributed by atoms with E-state index in [-0.39, 0.29) is 25.0 Å². The summed E-state index contributed by atoms with van der Waals surface area (Å²) in [7, 11) is 3.56. The Hall–Kier alpha value is -1.14. The van der Waals surface area contributed by atoms with Crippen LogP contribution in [0.4, 0.5) is 0 Å². The predicted octanol–water partition coefficient (Wildman–Crippen LogP) is 0.526. The SMILES string of the molecule is CCN(CC)CC(=O)O[CH]C(C)OC(=O)CN(C)C. The maximum absolute atomic E-state index is 11.5. The number of nitrogens with zero attached hydrogens (tertiary/aromatic N) is 2. The van der Waals surface area contributed by atoms with Crippen LogP contribution in [-0.4, -0.2) is 68.1 Å². The Kier molecular flexibility index (Phi) is 9.16. The van der Waals surface area contributed by atoms with Crippen LogP contribution in [0.5, 0.6) is 0 Å². The Labute approximate surface area is 115 Å². The number of hydrogen-bond donors (Lipinski definition) is 0. The van der Waals surface area contributed by atoms with E-state index in [1.54, 1.807) is 25.9 Å². The number of rotatable bonds is 9. The highest BCUT2D eigenvalue weighted by Gasteiger charge is 2.14. The van der Waals surface area contributed by atoms with Crippen molar-refractivity contribution < 1.29 is 19.1 Å². The van der Waals surface area contributed by atoms with E-state index in [1.807, 2.05) is 18.7 Å². The molecule has 0 aromatic heterocycles. The van der Waals surface area contributed by atoms with Gasteiger partial charge in [-0.1, -0.05) is 13.8 Å². The first kappa shape index (κ1) is 17.9. The van der Waals surface area contributed by atoms with E-state index in [2.05, 4.69) is 0 Å². The van der Waals surface area contributed by atoms with Crippen molar-refractivity contribution in [3.8, 4) is 0 Å². The smallest absolute Gasteiger partial charge is 0.320 e. The van der Waals surface area contributed by atoms with E-state index >= 15 is 0 Å². The highest BCUT2D eigenvalue weighted by Crippen LogP contribution is 2.00. The Morgan fingerprint density at radius 2 is 1.68 bits per heavy atom. The molecular weight excluding hydrogens is 248 g/mol. The molecule has 6 heteroatoms. The summed E-state index contributed by atoms with van der Waals surface area (Å²) in [5, 5.41) is 0. The monoisotopic (exact) mass is 273 g/mol. The maximum atomic E-state index is 11.5. The predicted molar refractivity (Wildman–Crippen MR) is 72.3 cm³/mol. The molecule has 6 nitrogen and oxygen atoms in total. The molecule has 0 aromatic carbocycles. The van der Waals surface area contributed by atoms with Crippen LogP contribution in [0.25, 0.3) is 0 Å². The summed E-state index contributed by atoms with van der Waals surface area (Å²) in [6.45, 7) is 8.88. The van der Waals surface area contributed by atoms with Crippen LogP contribution in [0.1, 0.15) is 20.8 Å². The van der Waals surface area contributed by atoms with Gasteiger partial charge in [0.05, 0.1) is 13.1 Å². The third-order valence-electron chi connectivity index (χ3n) is 2.40. The zero-order valence-corrected chi connectivity index (χ0v) is 12.5. The number of ether oxygens (including phenoxy) is 2. The summed E-state index contributed by atoms with van der Waals surface area (Å²) in [6.07, 6.45) is -0.548. The molecule has 1 atom stereocenters. The van der Waals surface area contributed by atoms with Crippen molar-refractivity contribution in [2.45, 2.75) is 26.9 Å². The molecule has 0 saturated carbocycles. The van der Waals surface area contributed by atoms with Gasteiger partial charge in [0.15, 0.2) is 6.61 Å². The molecule has 0 aromatic rings. The van der Waals surface area contributed by atoms with Crippen LogP contribution >= 0.6 is 0 Å². The minimum Gasteiger partial charge on any atom is -0.458 e. The maximum Gasteiger partial charge on any atom is 0.320 e. The van der Waals surface area contributed by atoms with Gasteiger partial charge in [-0.3, -0.25) is 19.4 Å². The number of carbonyl (C=O) groups is 2. The molecule has 0 heterocycles. The van der Waals surface area contributed by atoms with Crippen LogP contribution in [0.2, 0.25) is 0 Å². The van der Waals surface area contributed by atoms with Crippen molar-refractivity contribution in [3.63, 3.8) is 0 Å². The highest BCUT2D eigenvalue weighted by molar-refractivity contribution is 5.73. The summed E-state index contributed by atoms with van der Waals surface area (Å²) >= 11 is 0. The average Bonchev–Trinajstić information content (AvgIpc) is 2.32. The summed E-state index contributed by atoms with van der Waals surface area (Å²) < 4.78 is 9.99. The zero-order chi connectivity index (χ0) is 14.8. The van der Waals surface area contributed by atoms with Crippen molar-refractivity contribution in [3.05, 3.63) is 6.61 Å². The van der Waals surface area contributed by atoms with Crippen molar-refractivity contribution >= 4 is 11.9 Å². The Morgan fingerprint density at radius 1 is 1.11 bits per heavy atom. The zero-order valence-electron chi connectivity index (χ0n) is 12.5. The van der Waals surface area contributed by atoms with Crippen molar-refractivity contribution in [2.24, 2.45) is 0 Å². The molecule has 19 heavy (non-hydrogen) atoms. The van der Waals surface area contributed by atoms with Crippen molar-refractivity contribution in [1.82, 2.24) is 9.80 Å². The third kappa shape index (κ3) is 9.44. The highest BCUT2D eigenvalue weighted by atomic mass is 16.6. The number of esters is 2. The summed E-state index contributed by atoms with van der Waals surface area (Å²) in [5.74, 6) is -0.701. The molecule has 0 aliphatic rings. The number of likely N-dealkylation sites (N-methyl/N-ethyl adjacent to an activating group) is 2. The fourth-order valence-corrected chi connectivity index (χ4v) is 1.37. The normalized spacial score (nSPS) is 12.6. The Bertz CT molecular complexity index is 278. The molecular formula is C13H25N2O4. The number of carbonyl (C=O) groups excluding carboxylic acids is 2. The molecule has 0 bridgehead atoms. The van der Waals surface area contributed by atoms with Crippen LogP contribution in [-0.2, 0) is 19.1 Å². The molecule has 0 spiro atoms. The van der Waals surface area contributed by atoms with E-state index in [9.17, 15) is 9.59 Å².